The summed E-state index contributed by atoms with van der Waals surface area (Å²) in [6.07, 6.45) is 2.71. The molecular formula is C20H25N. The monoisotopic (exact) mass is 279 g/mol. The lowest BCUT2D eigenvalue weighted by Crippen LogP contribution is -2.26. The van der Waals surface area contributed by atoms with E-state index in [1.165, 1.54) is 35.1 Å². The topological polar surface area (TPSA) is 12.0 Å². The van der Waals surface area contributed by atoms with Crippen LogP contribution < -0.4 is 5.32 Å². The van der Waals surface area contributed by atoms with Crippen molar-refractivity contribution in [3.05, 3.63) is 70.8 Å². The van der Waals surface area contributed by atoms with Crippen molar-refractivity contribution < 1.29 is 0 Å². The van der Waals surface area contributed by atoms with E-state index >= 15 is 0 Å². The van der Waals surface area contributed by atoms with Gasteiger partial charge in [-0.15, -0.1) is 0 Å². The summed E-state index contributed by atoms with van der Waals surface area (Å²) in [5, 5.41) is 3.87. The summed E-state index contributed by atoms with van der Waals surface area (Å²) in [6.45, 7) is 6.64. The minimum atomic E-state index is 0.384. The molecule has 0 saturated heterocycles. The zero-order valence-corrected chi connectivity index (χ0v) is 13.3. The molecule has 0 spiro atoms. The minimum absolute atomic E-state index is 0.384. The molecule has 0 heterocycles. The van der Waals surface area contributed by atoms with Crippen LogP contribution in [0.5, 0.6) is 0 Å². The first-order chi connectivity index (χ1) is 10.1. The molecule has 21 heavy (non-hydrogen) atoms. The molecule has 0 amide bonds. The van der Waals surface area contributed by atoms with Crippen LogP contribution in [0.25, 0.3) is 0 Å². The van der Waals surface area contributed by atoms with E-state index in [1.807, 2.05) is 0 Å². The van der Waals surface area contributed by atoms with E-state index < -0.39 is 0 Å². The Morgan fingerprint density at radius 3 is 2.10 bits per heavy atom. The number of hydrogen-bond donors (Lipinski definition) is 1. The molecule has 2 atom stereocenters. The number of hydrogen-bond acceptors (Lipinski definition) is 1. The fourth-order valence-electron chi connectivity index (χ4n) is 3.22. The van der Waals surface area contributed by atoms with Gasteiger partial charge in [-0.25, -0.2) is 0 Å². The van der Waals surface area contributed by atoms with Crippen molar-refractivity contribution >= 4 is 0 Å². The Labute approximate surface area is 128 Å². The predicted molar refractivity (Wildman–Crippen MR) is 89.4 cm³/mol. The van der Waals surface area contributed by atoms with Gasteiger partial charge in [-0.1, -0.05) is 59.7 Å². The first-order valence-corrected chi connectivity index (χ1v) is 8.02. The molecule has 110 valence electrons. The van der Waals surface area contributed by atoms with Gasteiger partial charge in [0.15, 0.2) is 0 Å². The fraction of sp³-hybridized carbons (Fsp3) is 0.400. The maximum atomic E-state index is 3.87. The average molecular weight is 279 g/mol. The van der Waals surface area contributed by atoms with E-state index in [9.17, 15) is 0 Å². The summed E-state index contributed by atoms with van der Waals surface area (Å²) in [5.41, 5.74) is 5.52. The highest BCUT2D eigenvalue weighted by atomic mass is 15.0. The summed E-state index contributed by atoms with van der Waals surface area (Å²) in [7, 11) is 0. The van der Waals surface area contributed by atoms with Gasteiger partial charge >= 0.3 is 0 Å². The molecule has 1 nitrogen and oxygen atoms in total. The van der Waals surface area contributed by atoms with Gasteiger partial charge in [-0.05, 0) is 50.7 Å². The second-order valence-electron chi connectivity index (χ2n) is 6.54. The fourth-order valence-corrected chi connectivity index (χ4v) is 3.22. The Balaban J connectivity index is 1.79. The first kappa shape index (κ1) is 14.3. The molecule has 2 unspecified atom stereocenters. The zero-order chi connectivity index (χ0) is 14.8. The predicted octanol–water partition coefficient (Wildman–Crippen LogP) is 5.11. The summed E-state index contributed by atoms with van der Waals surface area (Å²) >= 11 is 0. The summed E-state index contributed by atoms with van der Waals surface area (Å²) in [5.74, 6) is 0.806. The SMILES string of the molecule is Cc1cc(C)cc(C(C)NC(c2ccccc2)C2CC2)c1. The lowest BCUT2D eigenvalue weighted by Gasteiger charge is -2.24. The van der Waals surface area contributed by atoms with Crippen molar-refractivity contribution in [2.45, 2.75) is 45.7 Å². The lowest BCUT2D eigenvalue weighted by atomic mass is 9.98. The molecule has 1 heteroatoms. The van der Waals surface area contributed by atoms with Gasteiger partial charge in [0.05, 0.1) is 0 Å². The van der Waals surface area contributed by atoms with Crippen molar-refractivity contribution in [2.24, 2.45) is 5.92 Å². The van der Waals surface area contributed by atoms with Gasteiger partial charge in [-0.3, -0.25) is 0 Å². The molecule has 2 aromatic rings. The van der Waals surface area contributed by atoms with Gasteiger partial charge in [0.1, 0.15) is 0 Å². The Bertz CT molecular complexity index is 578. The van der Waals surface area contributed by atoms with Crippen LogP contribution in [-0.2, 0) is 0 Å². The first-order valence-electron chi connectivity index (χ1n) is 8.02. The molecule has 2 aromatic carbocycles. The molecule has 0 aromatic heterocycles. The van der Waals surface area contributed by atoms with E-state index in [1.54, 1.807) is 0 Å². The largest absolute Gasteiger partial charge is 0.303 e. The van der Waals surface area contributed by atoms with Crippen molar-refractivity contribution in [2.75, 3.05) is 0 Å². The van der Waals surface area contributed by atoms with Gasteiger partial charge in [0.2, 0.25) is 0 Å². The highest BCUT2D eigenvalue weighted by Crippen LogP contribution is 2.42. The molecule has 0 bridgehead atoms. The molecule has 0 radical (unpaired) electrons. The van der Waals surface area contributed by atoms with Crippen LogP contribution in [0.4, 0.5) is 0 Å². The van der Waals surface area contributed by atoms with Gasteiger partial charge in [-0.2, -0.15) is 0 Å². The third kappa shape index (κ3) is 3.54. The van der Waals surface area contributed by atoms with Crippen molar-refractivity contribution in [3.63, 3.8) is 0 Å². The van der Waals surface area contributed by atoms with Crippen molar-refractivity contribution in [1.82, 2.24) is 5.32 Å². The van der Waals surface area contributed by atoms with E-state index in [4.69, 9.17) is 0 Å². The summed E-state index contributed by atoms with van der Waals surface area (Å²) < 4.78 is 0. The van der Waals surface area contributed by atoms with E-state index in [0.717, 1.165) is 5.92 Å². The molecule has 1 N–H and O–H groups in total. The van der Waals surface area contributed by atoms with Crippen LogP contribution in [0.3, 0.4) is 0 Å². The van der Waals surface area contributed by atoms with Crippen LogP contribution in [-0.4, -0.2) is 0 Å². The standard InChI is InChI=1S/C20H25N/c1-14-11-15(2)13-19(12-14)16(3)21-20(18-9-10-18)17-7-5-4-6-8-17/h4-8,11-13,16,18,20-21H,9-10H2,1-3H3. The van der Waals surface area contributed by atoms with Crippen LogP contribution in [0.1, 0.15) is 54.1 Å². The van der Waals surface area contributed by atoms with Crippen molar-refractivity contribution in [3.8, 4) is 0 Å². The molecule has 1 saturated carbocycles. The smallest absolute Gasteiger partial charge is 0.0353 e. The number of nitrogens with one attached hydrogen (secondary N) is 1. The second-order valence-corrected chi connectivity index (χ2v) is 6.54. The maximum Gasteiger partial charge on any atom is 0.0353 e. The van der Waals surface area contributed by atoms with Gasteiger partial charge in [0.25, 0.3) is 0 Å². The quantitative estimate of drug-likeness (QED) is 0.802. The number of rotatable bonds is 5. The van der Waals surface area contributed by atoms with Crippen LogP contribution >= 0.6 is 0 Å². The van der Waals surface area contributed by atoms with E-state index in [0.29, 0.717) is 12.1 Å². The minimum Gasteiger partial charge on any atom is -0.303 e. The summed E-state index contributed by atoms with van der Waals surface area (Å²) in [4.78, 5) is 0. The number of aryl methyl sites for hydroxylation is 2. The van der Waals surface area contributed by atoms with E-state index in [2.05, 4.69) is 74.6 Å². The highest BCUT2D eigenvalue weighted by Gasteiger charge is 2.33. The molecule has 1 fully saturated rings. The third-order valence-electron chi connectivity index (χ3n) is 4.43. The normalized spacial score (nSPS) is 17.5. The Kier molecular flexibility index (Phi) is 4.12. The Morgan fingerprint density at radius 2 is 1.52 bits per heavy atom. The number of benzene rings is 2. The van der Waals surface area contributed by atoms with Crippen molar-refractivity contribution in [1.29, 1.82) is 0 Å². The average Bonchev–Trinajstić information content (AvgIpc) is 3.29. The van der Waals surface area contributed by atoms with Crippen LogP contribution in [0.15, 0.2) is 48.5 Å². The Morgan fingerprint density at radius 1 is 0.905 bits per heavy atom. The van der Waals surface area contributed by atoms with Gasteiger partial charge < -0.3 is 5.32 Å². The summed E-state index contributed by atoms with van der Waals surface area (Å²) in [6, 6.07) is 18.6. The molecule has 1 aliphatic rings. The molecular weight excluding hydrogens is 254 g/mol. The van der Waals surface area contributed by atoms with Gasteiger partial charge in [0, 0.05) is 12.1 Å². The highest BCUT2D eigenvalue weighted by molar-refractivity contribution is 5.31. The second kappa shape index (κ2) is 6.03. The molecule has 0 aliphatic heterocycles. The lowest BCUT2D eigenvalue weighted by molar-refractivity contribution is 0.427. The third-order valence-corrected chi connectivity index (χ3v) is 4.43. The van der Waals surface area contributed by atoms with E-state index in [-0.39, 0.29) is 0 Å². The molecule has 3 rings (SSSR count). The van der Waals surface area contributed by atoms with Crippen LogP contribution in [0.2, 0.25) is 0 Å². The Hall–Kier alpha value is -1.60. The van der Waals surface area contributed by atoms with Crippen LogP contribution in [0, 0.1) is 19.8 Å². The molecule has 1 aliphatic carbocycles. The maximum absolute atomic E-state index is 3.87. The zero-order valence-electron chi connectivity index (χ0n) is 13.3.